The van der Waals surface area contributed by atoms with Crippen molar-refractivity contribution in [2.24, 2.45) is 5.92 Å². The summed E-state index contributed by atoms with van der Waals surface area (Å²) >= 11 is 0. The van der Waals surface area contributed by atoms with Gasteiger partial charge in [-0.3, -0.25) is 4.90 Å². The van der Waals surface area contributed by atoms with E-state index < -0.39 is 12.5 Å². The number of halogens is 2. The molecule has 1 rings (SSSR count). The summed E-state index contributed by atoms with van der Waals surface area (Å²) in [6.07, 6.45) is -2.02. The summed E-state index contributed by atoms with van der Waals surface area (Å²) in [5.41, 5.74) is 0. The molecule has 4 heteroatoms. The van der Waals surface area contributed by atoms with Gasteiger partial charge in [0.05, 0.1) is 0 Å². The van der Waals surface area contributed by atoms with Gasteiger partial charge in [0, 0.05) is 19.0 Å². The van der Waals surface area contributed by atoms with Crippen LogP contribution in [0.2, 0.25) is 0 Å². The zero-order valence-corrected chi connectivity index (χ0v) is 7.56. The Hall–Kier alpha value is -0.220. The molecule has 0 spiro atoms. The normalized spacial score (nSPS) is 38.5. The van der Waals surface area contributed by atoms with Crippen LogP contribution in [-0.2, 0) is 0 Å². The molecule has 1 aliphatic rings. The van der Waals surface area contributed by atoms with E-state index in [9.17, 15) is 8.78 Å². The van der Waals surface area contributed by atoms with Crippen molar-refractivity contribution < 1.29 is 8.78 Å². The van der Waals surface area contributed by atoms with Crippen molar-refractivity contribution in [1.29, 1.82) is 0 Å². The van der Waals surface area contributed by atoms with Crippen molar-refractivity contribution in [2.45, 2.75) is 18.9 Å². The van der Waals surface area contributed by atoms with E-state index in [4.69, 9.17) is 0 Å². The van der Waals surface area contributed by atoms with E-state index in [0.717, 1.165) is 6.42 Å². The summed E-state index contributed by atoms with van der Waals surface area (Å²) in [6.45, 7) is 1.21. The zero-order chi connectivity index (χ0) is 9.14. The quantitative estimate of drug-likeness (QED) is 0.629. The average molecular weight is 178 g/mol. The van der Waals surface area contributed by atoms with Gasteiger partial charge in [0.25, 0.3) is 0 Å². The molecule has 3 unspecified atom stereocenters. The number of alkyl halides is 2. The molecule has 2 nitrogen and oxygen atoms in total. The predicted octanol–water partition coefficient (Wildman–Crippen LogP) is 0.791. The van der Waals surface area contributed by atoms with E-state index in [1.165, 1.54) is 4.90 Å². The molecule has 12 heavy (non-hydrogen) atoms. The van der Waals surface area contributed by atoms with E-state index in [1.807, 2.05) is 0 Å². The molecule has 0 aliphatic carbocycles. The van der Waals surface area contributed by atoms with Gasteiger partial charge >= 0.3 is 0 Å². The van der Waals surface area contributed by atoms with Gasteiger partial charge in [0.15, 0.2) is 6.30 Å². The van der Waals surface area contributed by atoms with Crippen molar-refractivity contribution in [3.8, 4) is 0 Å². The monoisotopic (exact) mass is 178 g/mol. The van der Waals surface area contributed by atoms with Crippen LogP contribution >= 0.6 is 0 Å². The molecule has 0 amide bonds. The largest absolute Gasteiger partial charge is 0.319 e. The highest BCUT2D eigenvalue weighted by Crippen LogP contribution is 2.25. The predicted molar refractivity (Wildman–Crippen MR) is 44.5 cm³/mol. The Balaban J connectivity index is 2.46. The fourth-order valence-corrected chi connectivity index (χ4v) is 1.60. The van der Waals surface area contributed by atoms with Crippen molar-refractivity contribution in [2.75, 3.05) is 27.2 Å². The van der Waals surface area contributed by atoms with Gasteiger partial charge in [-0.25, -0.2) is 8.78 Å². The Labute approximate surface area is 71.9 Å². The third-order valence-corrected chi connectivity index (χ3v) is 2.45. The number of nitrogens with zero attached hydrogens (tertiary/aromatic N) is 1. The summed E-state index contributed by atoms with van der Waals surface area (Å²) in [4.78, 5) is 1.43. The lowest BCUT2D eigenvalue weighted by molar-refractivity contribution is -0.0347. The number of rotatable bonds is 2. The fourth-order valence-electron chi connectivity index (χ4n) is 1.60. The summed E-state index contributed by atoms with van der Waals surface area (Å²) < 4.78 is 26.3. The molecule has 0 aromatic rings. The third kappa shape index (κ3) is 1.93. The van der Waals surface area contributed by atoms with Crippen molar-refractivity contribution in [3.63, 3.8) is 0 Å². The minimum absolute atomic E-state index is 0.166. The lowest BCUT2D eigenvalue weighted by atomic mass is 9.94. The highest BCUT2D eigenvalue weighted by Gasteiger charge is 2.36. The lowest BCUT2D eigenvalue weighted by Gasteiger charge is -2.35. The second-order valence-corrected chi connectivity index (χ2v) is 3.40. The minimum atomic E-state index is -1.42. The molecule has 72 valence electrons. The number of nitrogens with one attached hydrogen (secondary N) is 1. The summed E-state index contributed by atoms with van der Waals surface area (Å²) in [7, 11) is 3.38. The first-order valence-electron chi connectivity index (χ1n) is 4.29. The number of likely N-dealkylation sites (tertiary alicyclic amines) is 1. The van der Waals surface area contributed by atoms with Gasteiger partial charge in [-0.2, -0.15) is 0 Å². The van der Waals surface area contributed by atoms with Crippen LogP contribution in [-0.4, -0.2) is 44.6 Å². The van der Waals surface area contributed by atoms with Crippen LogP contribution in [0.1, 0.15) is 6.42 Å². The molecular formula is C8H16F2N2. The van der Waals surface area contributed by atoms with E-state index in [-0.39, 0.29) is 5.92 Å². The molecule has 1 aliphatic heterocycles. The van der Waals surface area contributed by atoms with Crippen LogP contribution in [0.3, 0.4) is 0 Å². The van der Waals surface area contributed by atoms with Gasteiger partial charge in [0.2, 0.25) is 0 Å². The number of piperidine rings is 1. The van der Waals surface area contributed by atoms with E-state index in [0.29, 0.717) is 13.1 Å². The van der Waals surface area contributed by atoms with E-state index >= 15 is 0 Å². The molecule has 1 N–H and O–H groups in total. The molecule has 0 aromatic heterocycles. The van der Waals surface area contributed by atoms with E-state index in [1.54, 1.807) is 14.1 Å². The fraction of sp³-hybridized carbons (Fsp3) is 1.00. The van der Waals surface area contributed by atoms with Crippen LogP contribution < -0.4 is 5.32 Å². The average Bonchev–Trinajstić information content (AvgIpc) is 2.07. The maximum atomic E-state index is 13.2. The van der Waals surface area contributed by atoms with E-state index in [2.05, 4.69) is 5.32 Å². The summed E-state index contributed by atoms with van der Waals surface area (Å²) in [6, 6.07) is 0. The topological polar surface area (TPSA) is 15.3 Å². The lowest BCUT2D eigenvalue weighted by Crippen LogP contribution is -2.48. The molecule has 0 radical (unpaired) electrons. The molecule has 0 bridgehead atoms. The van der Waals surface area contributed by atoms with Gasteiger partial charge < -0.3 is 5.32 Å². The number of hydrogen-bond donors (Lipinski definition) is 1. The second-order valence-electron chi connectivity index (χ2n) is 3.40. The molecule has 0 saturated carbocycles. The van der Waals surface area contributed by atoms with Crippen LogP contribution in [0.15, 0.2) is 0 Å². The minimum Gasteiger partial charge on any atom is -0.319 e. The van der Waals surface area contributed by atoms with Gasteiger partial charge in [-0.15, -0.1) is 0 Å². The summed E-state index contributed by atoms with van der Waals surface area (Å²) in [5.74, 6) is -0.166. The summed E-state index contributed by atoms with van der Waals surface area (Å²) in [5, 5.41) is 2.88. The van der Waals surface area contributed by atoms with Gasteiger partial charge in [0.1, 0.15) is 6.17 Å². The zero-order valence-electron chi connectivity index (χ0n) is 7.56. The van der Waals surface area contributed by atoms with Crippen LogP contribution in [0, 0.1) is 5.92 Å². The highest BCUT2D eigenvalue weighted by molar-refractivity contribution is 4.83. The molecule has 3 atom stereocenters. The Morgan fingerprint density at radius 2 is 2.17 bits per heavy atom. The molecular weight excluding hydrogens is 162 g/mol. The first-order valence-corrected chi connectivity index (χ1v) is 4.29. The van der Waals surface area contributed by atoms with Crippen LogP contribution in [0.5, 0.6) is 0 Å². The maximum absolute atomic E-state index is 13.2. The highest BCUT2D eigenvalue weighted by atomic mass is 19.2. The second kappa shape index (κ2) is 4.14. The van der Waals surface area contributed by atoms with Gasteiger partial charge in [-0.05, 0) is 20.5 Å². The van der Waals surface area contributed by atoms with Crippen molar-refractivity contribution in [3.05, 3.63) is 0 Å². The molecule has 1 fully saturated rings. The van der Waals surface area contributed by atoms with Crippen LogP contribution in [0.4, 0.5) is 8.78 Å². The SMILES string of the molecule is CNCC1CCN(C)C(F)C1F. The Kier molecular flexibility index (Phi) is 3.40. The van der Waals surface area contributed by atoms with Crippen LogP contribution in [0.25, 0.3) is 0 Å². The van der Waals surface area contributed by atoms with Crippen molar-refractivity contribution >= 4 is 0 Å². The number of hydrogen-bond acceptors (Lipinski definition) is 2. The Bertz CT molecular complexity index is 143. The molecule has 0 aromatic carbocycles. The molecule has 1 saturated heterocycles. The smallest absolute Gasteiger partial charge is 0.185 e. The Morgan fingerprint density at radius 1 is 1.50 bits per heavy atom. The Morgan fingerprint density at radius 3 is 2.75 bits per heavy atom. The standard InChI is InChI=1S/C8H16F2N2/c1-11-5-6-3-4-12(2)8(10)7(6)9/h6-8,11H,3-5H2,1-2H3. The van der Waals surface area contributed by atoms with Crippen molar-refractivity contribution in [1.82, 2.24) is 10.2 Å². The maximum Gasteiger partial charge on any atom is 0.185 e. The third-order valence-electron chi connectivity index (χ3n) is 2.45. The molecule has 1 heterocycles. The first kappa shape index (κ1) is 9.86. The first-order chi connectivity index (χ1) is 5.66. The van der Waals surface area contributed by atoms with Gasteiger partial charge in [-0.1, -0.05) is 0 Å².